The molecule has 0 radical (unpaired) electrons. The molecule has 6 heterocycles. The number of nitrogens with zero attached hydrogens (tertiary/aromatic N) is 7. The van der Waals surface area contributed by atoms with E-state index in [9.17, 15) is 14.4 Å². The molecule has 3 amide bonds. The van der Waals surface area contributed by atoms with Crippen LogP contribution in [0.25, 0.3) is 33.4 Å². The first-order chi connectivity index (χ1) is 28.7. The van der Waals surface area contributed by atoms with Gasteiger partial charge in [-0.1, -0.05) is 50.2 Å². The van der Waals surface area contributed by atoms with Crippen molar-refractivity contribution < 1.29 is 23.3 Å². The summed E-state index contributed by atoms with van der Waals surface area (Å²) < 4.78 is 21.4. The molecular formula is C45H49FN10O4. The van der Waals surface area contributed by atoms with E-state index in [4.69, 9.17) is 9.51 Å². The Labute approximate surface area is 347 Å². The number of anilines is 1. The van der Waals surface area contributed by atoms with Crippen LogP contribution in [0.15, 0.2) is 65.3 Å². The number of hydrogen-bond acceptors (Lipinski definition) is 11. The number of H-pyrrole nitrogens is 1. The van der Waals surface area contributed by atoms with E-state index in [-0.39, 0.29) is 23.6 Å². The van der Waals surface area contributed by atoms with Gasteiger partial charge in [-0.3, -0.25) is 34.7 Å². The van der Waals surface area contributed by atoms with E-state index in [1.807, 2.05) is 45.9 Å². The SMILES string of the molecule is Cc1nc(CCN2CCN(c3ccc(-c4cnc5[nH]nc(-c6ccc([C@@H](C)NC(=O)c7noc(C(C)(C)C)n7)c(C)c6F)c5c4)cc3)CC2)ccc1C1CCC(=O)NC1=O. The molecule has 2 aromatic carbocycles. The standard InChI is InChI=1S/C45H49FN10O4/c1-25-32(26(2)49-43(59)41-51-44(60-54-41)45(4,5)6)13-14-35(38(25)46)39-36-23-29(24-47-40(36)53-52-39)28-7-10-31(11-8-28)56-21-19-55(20-22-56)18-17-30-9-12-33(27(3)48-30)34-15-16-37(57)50-42(34)58/h7-14,23-24,26,34H,15-22H2,1-6H3,(H,49,59)(H,47,52,53)(H,50,57,58)/t26-,34?/m1/s1. The summed E-state index contributed by atoms with van der Waals surface area (Å²) in [5, 5.41) is 17.3. The highest BCUT2D eigenvalue weighted by atomic mass is 19.1. The number of aryl methyl sites for hydroxylation is 1. The summed E-state index contributed by atoms with van der Waals surface area (Å²) in [6.45, 7) is 15.7. The molecule has 1 unspecified atom stereocenters. The number of benzene rings is 2. The van der Waals surface area contributed by atoms with E-state index in [0.29, 0.717) is 52.2 Å². The van der Waals surface area contributed by atoms with Gasteiger partial charge in [0.15, 0.2) is 5.65 Å². The third kappa shape index (κ3) is 8.26. The summed E-state index contributed by atoms with van der Waals surface area (Å²) >= 11 is 0. The largest absolute Gasteiger partial charge is 0.369 e. The number of carbonyl (C=O) groups is 3. The first-order valence-electron chi connectivity index (χ1n) is 20.4. The Balaban J connectivity index is 0.885. The lowest BCUT2D eigenvalue weighted by Crippen LogP contribution is -2.47. The van der Waals surface area contributed by atoms with Crippen LogP contribution < -0.4 is 15.5 Å². The minimum atomic E-state index is -0.527. The van der Waals surface area contributed by atoms with Crippen LogP contribution in [0, 0.1) is 19.7 Å². The van der Waals surface area contributed by atoms with Crippen molar-refractivity contribution >= 4 is 34.4 Å². The number of carbonyl (C=O) groups excluding carboxylic acids is 3. The molecule has 14 nitrogen and oxygen atoms in total. The number of pyridine rings is 2. The van der Waals surface area contributed by atoms with Crippen LogP contribution in [-0.4, -0.2) is 85.7 Å². The second kappa shape index (κ2) is 16.4. The molecule has 2 fully saturated rings. The van der Waals surface area contributed by atoms with Crippen molar-refractivity contribution in [3.63, 3.8) is 0 Å². The molecule has 2 saturated heterocycles. The van der Waals surface area contributed by atoms with Crippen LogP contribution in [0.5, 0.6) is 0 Å². The van der Waals surface area contributed by atoms with Crippen LogP contribution in [0.4, 0.5) is 10.1 Å². The maximum absolute atomic E-state index is 16.1. The molecule has 6 aromatic rings. The van der Waals surface area contributed by atoms with E-state index in [2.05, 4.69) is 70.0 Å². The lowest BCUT2D eigenvalue weighted by molar-refractivity contribution is -0.134. The predicted molar refractivity (Wildman–Crippen MR) is 225 cm³/mol. The van der Waals surface area contributed by atoms with Crippen LogP contribution >= 0.6 is 0 Å². The van der Waals surface area contributed by atoms with Gasteiger partial charge in [-0.05, 0) is 79.8 Å². The number of nitrogens with one attached hydrogen (secondary N) is 3. The smallest absolute Gasteiger partial charge is 0.293 e. The number of piperidine rings is 1. The number of aromatic amines is 1. The number of amides is 3. The van der Waals surface area contributed by atoms with Crippen molar-refractivity contribution in [2.45, 2.75) is 78.2 Å². The summed E-state index contributed by atoms with van der Waals surface area (Å²) in [7, 11) is 0. The van der Waals surface area contributed by atoms with Crippen LogP contribution in [0.1, 0.15) is 97.1 Å². The highest BCUT2D eigenvalue weighted by Crippen LogP contribution is 2.35. The van der Waals surface area contributed by atoms with Crippen LogP contribution in [-0.2, 0) is 21.4 Å². The van der Waals surface area contributed by atoms with Crippen molar-refractivity contribution in [3.8, 4) is 22.4 Å². The molecule has 60 heavy (non-hydrogen) atoms. The molecule has 4 aromatic heterocycles. The highest BCUT2D eigenvalue weighted by molar-refractivity contribution is 6.01. The summed E-state index contributed by atoms with van der Waals surface area (Å²) in [6.07, 6.45) is 3.49. The highest BCUT2D eigenvalue weighted by Gasteiger charge is 2.30. The molecule has 2 aliphatic rings. The van der Waals surface area contributed by atoms with Crippen molar-refractivity contribution in [3.05, 3.63) is 106 Å². The Hall–Kier alpha value is -6.35. The number of piperazine rings is 1. The number of halogens is 1. The van der Waals surface area contributed by atoms with Gasteiger partial charge in [0.05, 0.1) is 12.0 Å². The topological polar surface area (TPSA) is 175 Å². The molecule has 0 saturated carbocycles. The fraction of sp³-hybridized carbons (Fsp3) is 0.378. The zero-order chi connectivity index (χ0) is 42.3. The molecule has 310 valence electrons. The summed E-state index contributed by atoms with van der Waals surface area (Å²) in [5.74, 6) is -1.43. The average Bonchev–Trinajstić information content (AvgIpc) is 3.91. The van der Waals surface area contributed by atoms with Gasteiger partial charge in [-0.25, -0.2) is 9.37 Å². The third-order valence-electron chi connectivity index (χ3n) is 11.6. The molecule has 8 rings (SSSR count). The Morgan fingerprint density at radius 1 is 1.00 bits per heavy atom. The second-order valence-electron chi connectivity index (χ2n) is 16.8. The Morgan fingerprint density at radius 2 is 1.77 bits per heavy atom. The van der Waals surface area contributed by atoms with E-state index in [1.54, 1.807) is 32.2 Å². The summed E-state index contributed by atoms with van der Waals surface area (Å²) in [4.78, 5) is 55.4. The first kappa shape index (κ1) is 40.4. The number of aromatic nitrogens is 6. The normalized spacial score (nSPS) is 16.9. The number of imide groups is 1. The van der Waals surface area contributed by atoms with Gasteiger partial charge in [-0.2, -0.15) is 10.1 Å². The van der Waals surface area contributed by atoms with E-state index in [1.165, 1.54) is 0 Å². The van der Waals surface area contributed by atoms with Crippen molar-refractivity contribution in [2.75, 3.05) is 37.6 Å². The molecule has 3 N–H and O–H groups in total. The van der Waals surface area contributed by atoms with E-state index < -0.39 is 23.2 Å². The van der Waals surface area contributed by atoms with Crippen LogP contribution in [0.3, 0.4) is 0 Å². The minimum Gasteiger partial charge on any atom is -0.369 e. The molecule has 0 spiro atoms. The van der Waals surface area contributed by atoms with Gasteiger partial charge in [0, 0.05) is 90.8 Å². The van der Waals surface area contributed by atoms with Crippen molar-refractivity contribution in [1.29, 1.82) is 0 Å². The maximum atomic E-state index is 16.1. The monoisotopic (exact) mass is 812 g/mol. The number of rotatable bonds is 10. The summed E-state index contributed by atoms with van der Waals surface area (Å²) in [5.41, 5.74) is 7.70. The number of fused-ring (bicyclic) bond motifs is 1. The van der Waals surface area contributed by atoms with Gasteiger partial charge in [0.2, 0.25) is 17.7 Å². The van der Waals surface area contributed by atoms with Gasteiger partial charge < -0.3 is 14.7 Å². The lowest BCUT2D eigenvalue weighted by Gasteiger charge is -2.36. The second-order valence-corrected chi connectivity index (χ2v) is 16.8. The minimum absolute atomic E-state index is 0.0730. The summed E-state index contributed by atoms with van der Waals surface area (Å²) in [6, 6.07) is 17.4. The Kier molecular flexibility index (Phi) is 11.0. The molecule has 15 heteroatoms. The number of hydrogen-bond donors (Lipinski definition) is 3. The first-order valence-corrected chi connectivity index (χ1v) is 20.4. The average molecular weight is 813 g/mol. The molecule has 0 bridgehead atoms. The van der Waals surface area contributed by atoms with E-state index in [0.717, 1.165) is 72.9 Å². The molecule has 2 aliphatic heterocycles. The lowest BCUT2D eigenvalue weighted by atomic mass is 9.89. The predicted octanol–water partition coefficient (Wildman–Crippen LogP) is 6.50. The fourth-order valence-electron chi connectivity index (χ4n) is 8.07. The molecular weight excluding hydrogens is 764 g/mol. The zero-order valence-corrected chi connectivity index (χ0v) is 34.7. The van der Waals surface area contributed by atoms with Crippen molar-refractivity contribution in [2.24, 2.45) is 0 Å². The third-order valence-corrected chi connectivity index (χ3v) is 11.6. The fourth-order valence-corrected chi connectivity index (χ4v) is 8.07. The Bertz CT molecular complexity index is 2590. The Morgan fingerprint density at radius 3 is 2.47 bits per heavy atom. The van der Waals surface area contributed by atoms with Crippen LogP contribution in [0.2, 0.25) is 0 Å². The van der Waals surface area contributed by atoms with Crippen molar-refractivity contribution in [1.82, 2.24) is 45.8 Å². The van der Waals surface area contributed by atoms with Gasteiger partial charge in [0.1, 0.15) is 11.5 Å². The quantitative estimate of drug-likeness (QED) is 0.129. The van der Waals surface area contributed by atoms with Gasteiger partial charge in [-0.15, -0.1) is 0 Å². The van der Waals surface area contributed by atoms with Gasteiger partial charge in [0.25, 0.3) is 11.7 Å². The molecule has 2 atom stereocenters. The maximum Gasteiger partial charge on any atom is 0.293 e. The van der Waals surface area contributed by atoms with Gasteiger partial charge >= 0.3 is 0 Å². The molecule has 0 aliphatic carbocycles. The van der Waals surface area contributed by atoms with E-state index >= 15 is 4.39 Å². The zero-order valence-electron chi connectivity index (χ0n) is 34.7.